The SMILES string of the molecule is C/C(=N\[S@+]([O-])C(C)(C)C)c1cc(NC(=O)c2ccc(F)cn2)ccc1F. The summed E-state index contributed by atoms with van der Waals surface area (Å²) in [5, 5.41) is 2.56. The molecule has 26 heavy (non-hydrogen) atoms. The molecule has 1 aromatic carbocycles. The van der Waals surface area contributed by atoms with Crippen LogP contribution in [0.15, 0.2) is 40.9 Å². The normalized spacial score (nSPS) is 13.4. The Morgan fingerprint density at radius 1 is 1.23 bits per heavy atom. The number of rotatable bonds is 4. The number of carbonyl (C=O) groups excluding carboxylic acids is 1. The predicted octanol–water partition coefficient (Wildman–Crippen LogP) is 3.88. The first-order valence-electron chi connectivity index (χ1n) is 7.78. The fourth-order valence-electron chi connectivity index (χ4n) is 1.90. The van der Waals surface area contributed by atoms with Gasteiger partial charge in [0, 0.05) is 11.3 Å². The fourth-order valence-corrected chi connectivity index (χ4v) is 2.52. The molecule has 138 valence electrons. The first kappa shape index (κ1) is 20.0. The van der Waals surface area contributed by atoms with Crippen LogP contribution in [-0.2, 0) is 11.4 Å². The van der Waals surface area contributed by atoms with E-state index < -0.39 is 33.7 Å². The van der Waals surface area contributed by atoms with E-state index in [-0.39, 0.29) is 17.0 Å². The lowest BCUT2D eigenvalue weighted by Gasteiger charge is -2.19. The number of benzene rings is 1. The van der Waals surface area contributed by atoms with E-state index in [2.05, 4.69) is 14.7 Å². The number of nitrogens with zero attached hydrogens (tertiary/aromatic N) is 2. The van der Waals surface area contributed by atoms with E-state index in [1.165, 1.54) is 24.3 Å². The third-order valence-corrected chi connectivity index (χ3v) is 4.81. The van der Waals surface area contributed by atoms with Crippen LogP contribution in [0.3, 0.4) is 0 Å². The number of hydrogen-bond acceptors (Lipinski definition) is 4. The molecule has 0 saturated heterocycles. The zero-order valence-electron chi connectivity index (χ0n) is 14.8. The minimum Gasteiger partial charge on any atom is -0.591 e. The molecule has 0 fully saturated rings. The molecule has 2 aromatic rings. The molecule has 0 saturated carbocycles. The molecule has 8 heteroatoms. The van der Waals surface area contributed by atoms with Gasteiger partial charge in [-0.05, 0) is 58.0 Å². The first-order valence-corrected chi connectivity index (χ1v) is 8.88. The van der Waals surface area contributed by atoms with E-state index >= 15 is 0 Å². The quantitative estimate of drug-likeness (QED) is 0.647. The van der Waals surface area contributed by atoms with Crippen LogP contribution in [0, 0.1) is 11.6 Å². The highest BCUT2D eigenvalue weighted by Crippen LogP contribution is 2.21. The minimum atomic E-state index is -1.54. The van der Waals surface area contributed by atoms with Crippen molar-refractivity contribution in [3.8, 4) is 0 Å². The third kappa shape index (κ3) is 5.09. The first-order chi connectivity index (χ1) is 12.1. The lowest BCUT2D eigenvalue weighted by atomic mass is 10.1. The van der Waals surface area contributed by atoms with Crippen LogP contribution in [0.4, 0.5) is 14.5 Å². The summed E-state index contributed by atoms with van der Waals surface area (Å²) in [5.41, 5.74) is 0.726. The highest BCUT2D eigenvalue weighted by molar-refractivity contribution is 7.91. The van der Waals surface area contributed by atoms with Crippen molar-refractivity contribution in [2.75, 3.05) is 5.32 Å². The Kier molecular flexibility index (Phi) is 6.09. The van der Waals surface area contributed by atoms with Crippen LogP contribution >= 0.6 is 0 Å². The second-order valence-corrected chi connectivity index (χ2v) is 8.45. The third-order valence-electron chi connectivity index (χ3n) is 3.32. The van der Waals surface area contributed by atoms with Crippen molar-refractivity contribution in [2.45, 2.75) is 32.4 Å². The summed E-state index contributed by atoms with van der Waals surface area (Å²) in [5.74, 6) is -1.66. The average Bonchev–Trinajstić information content (AvgIpc) is 2.56. The van der Waals surface area contributed by atoms with E-state index in [4.69, 9.17) is 0 Å². The fraction of sp³-hybridized carbons (Fsp3) is 0.278. The summed E-state index contributed by atoms with van der Waals surface area (Å²) >= 11 is -1.54. The number of carbonyl (C=O) groups is 1. The number of nitrogens with one attached hydrogen (secondary N) is 1. The maximum absolute atomic E-state index is 14.1. The van der Waals surface area contributed by atoms with Crippen LogP contribution in [0.5, 0.6) is 0 Å². The summed E-state index contributed by atoms with van der Waals surface area (Å²) in [6.45, 7) is 6.85. The molecule has 1 N–H and O–H groups in total. The highest BCUT2D eigenvalue weighted by Gasteiger charge is 2.27. The van der Waals surface area contributed by atoms with Crippen molar-refractivity contribution in [3.05, 3.63) is 59.4 Å². The second kappa shape index (κ2) is 7.92. The van der Waals surface area contributed by atoms with Gasteiger partial charge in [-0.3, -0.25) is 4.79 Å². The smallest absolute Gasteiger partial charge is 0.274 e. The Balaban J connectivity index is 2.25. The highest BCUT2D eigenvalue weighted by atomic mass is 32.2. The van der Waals surface area contributed by atoms with Gasteiger partial charge < -0.3 is 9.87 Å². The number of aromatic nitrogens is 1. The molecule has 1 aromatic heterocycles. The van der Waals surface area contributed by atoms with E-state index in [1.54, 1.807) is 27.7 Å². The van der Waals surface area contributed by atoms with Crippen LogP contribution in [0.1, 0.15) is 43.7 Å². The molecule has 0 unspecified atom stereocenters. The number of hydrogen-bond donors (Lipinski definition) is 1. The largest absolute Gasteiger partial charge is 0.591 e. The van der Waals surface area contributed by atoms with Crippen LogP contribution < -0.4 is 5.32 Å². The van der Waals surface area contributed by atoms with Crippen LogP contribution in [0.2, 0.25) is 0 Å². The molecule has 2 rings (SSSR count). The molecule has 0 spiro atoms. The van der Waals surface area contributed by atoms with Crippen molar-refractivity contribution in [1.82, 2.24) is 4.98 Å². The molecule has 0 bridgehead atoms. The molecule has 0 aliphatic heterocycles. The number of pyridine rings is 1. The minimum absolute atomic E-state index is 0.0245. The van der Waals surface area contributed by atoms with E-state index in [1.807, 2.05) is 0 Å². The Morgan fingerprint density at radius 3 is 2.50 bits per heavy atom. The van der Waals surface area contributed by atoms with E-state index in [0.717, 1.165) is 12.3 Å². The van der Waals surface area contributed by atoms with Gasteiger partial charge in [0.15, 0.2) is 0 Å². The summed E-state index contributed by atoms with van der Waals surface area (Å²) in [6, 6.07) is 6.33. The van der Waals surface area contributed by atoms with Crippen LogP contribution in [0.25, 0.3) is 0 Å². The lowest BCUT2D eigenvalue weighted by Crippen LogP contribution is -2.26. The van der Waals surface area contributed by atoms with Crippen molar-refractivity contribution in [2.24, 2.45) is 4.40 Å². The van der Waals surface area contributed by atoms with E-state index in [0.29, 0.717) is 5.69 Å². The topological polar surface area (TPSA) is 77.4 Å². The van der Waals surface area contributed by atoms with Gasteiger partial charge in [-0.15, -0.1) is 0 Å². The molecule has 1 amide bonds. The number of halogens is 2. The molecule has 0 aliphatic rings. The van der Waals surface area contributed by atoms with Gasteiger partial charge in [0.25, 0.3) is 5.91 Å². The lowest BCUT2D eigenvalue weighted by molar-refractivity contribution is 0.102. The van der Waals surface area contributed by atoms with Gasteiger partial charge in [-0.25, -0.2) is 13.8 Å². The monoisotopic (exact) mass is 379 g/mol. The van der Waals surface area contributed by atoms with E-state index in [9.17, 15) is 18.1 Å². The summed E-state index contributed by atoms with van der Waals surface area (Å²) in [6.07, 6.45) is 0.934. The Hall–Kier alpha value is -2.32. The van der Waals surface area contributed by atoms with Gasteiger partial charge in [0.2, 0.25) is 0 Å². The van der Waals surface area contributed by atoms with Gasteiger partial charge >= 0.3 is 0 Å². The molecule has 0 radical (unpaired) electrons. The number of amides is 1. The maximum Gasteiger partial charge on any atom is 0.274 e. The Bertz CT molecular complexity index is 833. The Labute approximate surface area is 153 Å². The summed E-state index contributed by atoms with van der Waals surface area (Å²) in [4.78, 5) is 15.8. The van der Waals surface area contributed by atoms with Gasteiger partial charge in [-0.2, -0.15) is 0 Å². The van der Waals surface area contributed by atoms with Crippen molar-refractivity contribution >= 4 is 28.7 Å². The molecule has 5 nitrogen and oxygen atoms in total. The summed E-state index contributed by atoms with van der Waals surface area (Å²) in [7, 11) is 0. The standard InChI is InChI=1S/C18H19F2N3O2S/c1-11(23-26(25)18(2,3)4)14-9-13(6-7-15(14)20)22-17(24)16-8-5-12(19)10-21-16/h5-10H,1-4H3,(H,22,24)/b23-11+/t26-/m1/s1. The van der Waals surface area contributed by atoms with Crippen molar-refractivity contribution in [1.29, 1.82) is 0 Å². The zero-order chi connectivity index (χ0) is 19.5. The number of anilines is 1. The zero-order valence-corrected chi connectivity index (χ0v) is 15.7. The molecule has 1 atom stereocenters. The molecule has 1 heterocycles. The van der Waals surface area contributed by atoms with Crippen LogP contribution in [-0.4, -0.2) is 25.9 Å². The molecule has 0 aliphatic carbocycles. The maximum atomic E-state index is 14.1. The predicted molar refractivity (Wildman–Crippen MR) is 98.7 cm³/mol. The van der Waals surface area contributed by atoms with Gasteiger partial charge in [0.1, 0.15) is 33.4 Å². The molecular formula is C18H19F2N3O2S. The Morgan fingerprint density at radius 2 is 1.92 bits per heavy atom. The van der Waals surface area contributed by atoms with Crippen molar-refractivity contribution < 1.29 is 18.1 Å². The van der Waals surface area contributed by atoms with Crippen molar-refractivity contribution in [3.63, 3.8) is 0 Å². The average molecular weight is 379 g/mol. The summed E-state index contributed by atoms with van der Waals surface area (Å²) < 4.78 is 42.6. The van der Waals surface area contributed by atoms with Gasteiger partial charge in [0.05, 0.1) is 11.9 Å². The van der Waals surface area contributed by atoms with Gasteiger partial charge in [-0.1, -0.05) is 4.40 Å². The molecular weight excluding hydrogens is 360 g/mol. The second-order valence-electron chi connectivity index (χ2n) is 6.55.